The minimum absolute atomic E-state index is 0.0399. The fraction of sp³-hybridized carbons (Fsp3) is 0.333. The van der Waals surface area contributed by atoms with E-state index in [1.807, 2.05) is 37.3 Å². The number of benzene rings is 2. The van der Waals surface area contributed by atoms with E-state index in [0.29, 0.717) is 30.2 Å². The van der Waals surface area contributed by atoms with Gasteiger partial charge in [0.1, 0.15) is 0 Å². The second-order valence-corrected chi connectivity index (χ2v) is 6.95. The van der Waals surface area contributed by atoms with E-state index in [2.05, 4.69) is 0 Å². The van der Waals surface area contributed by atoms with Crippen LogP contribution in [-0.2, 0) is 4.79 Å². The van der Waals surface area contributed by atoms with Crippen LogP contribution in [0, 0.1) is 5.92 Å². The van der Waals surface area contributed by atoms with Crippen molar-refractivity contribution in [2.75, 3.05) is 24.5 Å². The first-order valence-electron chi connectivity index (χ1n) is 9.01. The van der Waals surface area contributed by atoms with Crippen molar-refractivity contribution < 1.29 is 9.59 Å². The number of carbonyl (C=O) groups excluding carboxylic acids is 2. The molecular weight excluding hydrogens is 348 g/mol. The van der Waals surface area contributed by atoms with Crippen LogP contribution in [0.2, 0.25) is 5.02 Å². The van der Waals surface area contributed by atoms with Crippen molar-refractivity contribution in [1.82, 2.24) is 4.90 Å². The van der Waals surface area contributed by atoms with Gasteiger partial charge >= 0.3 is 0 Å². The molecule has 1 heterocycles. The van der Waals surface area contributed by atoms with Crippen molar-refractivity contribution in [2.24, 2.45) is 5.92 Å². The summed E-state index contributed by atoms with van der Waals surface area (Å²) in [4.78, 5) is 29.4. The molecule has 0 bridgehead atoms. The van der Waals surface area contributed by atoms with Crippen LogP contribution in [-0.4, -0.2) is 36.3 Å². The van der Waals surface area contributed by atoms with Gasteiger partial charge in [-0.05, 0) is 56.2 Å². The quantitative estimate of drug-likeness (QED) is 0.807. The summed E-state index contributed by atoms with van der Waals surface area (Å²) in [6.45, 7) is 3.74. The molecule has 1 fully saturated rings. The van der Waals surface area contributed by atoms with Gasteiger partial charge in [0.05, 0.1) is 5.92 Å². The maximum absolute atomic E-state index is 13.0. The molecule has 2 aromatic rings. The van der Waals surface area contributed by atoms with Gasteiger partial charge in [-0.2, -0.15) is 0 Å². The lowest BCUT2D eigenvalue weighted by Crippen LogP contribution is -2.47. The van der Waals surface area contributed by atoms with E-state index in [9.17, 15) is 9.59 Å². The van der Waals surface area contributed by atoms with Crippen LogP contribution in [0.25, 0.3) is 0 Å². The Morgan fingerprint density at radius 2 is 1.81 bits per heavy atom. The molecule has 0 radical (unpaired) electrons. The summed E-state index contributed by atoms with van der Waals surface area (Å²) in [5.41, 5.74) is 1.51. The predicted molar refractivity (Wildman–Crippen MR) is 105 cm³/mol. The third kappa shape index (κ3) is 4.07. The highest BCUT2D eigenvalue weighted by Gasteiger charge is 2.31. The van der Waals surface area contributed by atoms with Crippen molar-refractivity contribution in [3.63, 3.8) is 0 Å². The first-order valence-corrected chi connectivity index (χ1v) is 9.39. The molecular formula is C21H23ClN2O2. The average molecular weight is 371 g/mol. The van der Waals surface area contributed by atoms with Gasteiger partial charge in [0.25, 0.3) is 5.91 Å². The largest absolute Gasteiger partial charge is 0.338 e. The van der Waals surface area contributed by atoms with Crippen molar-refractivity contribution in [2.45, 2.75) is 19.8 Å². The summed E-state index contributed by atoms with van der Waals surface area (Å²) in [7, 11) is 0. The molecule has 0 saturated carbocycles. The zero-order chi connectivity index (χ0) is 18.5. The number of hydrogen-bond donors (Lipinski definition) is 0. The molecule has 1 aliphatic rings. The molecule has 0 aromatic heterocycles. The molecule has 0 N–H and O–H groups in total. The van der Waals surface area contributed by atoms with E-state index >= 15 is 0 Å². The number of rotatable bonds is 4. The van der Waals surface area contributed by atoms with Crippen LogP contribution >= 0.6 is 11.6 Å². The number of halogens is 1. The highest BCUT2D eigenvalue weighted by molar-refractivity contribution is 6.30. The molecule has 1 unspecified atom stereocenters. The number of nitrogens with zero attached hydrogens (tertiary/aromatic N) is 2. The molecule has 0 spiro atoms. The standard InChI is InChI=1S/C21H23ClN2O2/c1-2-24(19-8-4-3-5-9-19)21(26)17-7-6-14-23(15-17)20(25)16-10-12-18(22)13-11-16/h3-5,8-13,17H,2,6-7,14-15H2,1H3. The van der Waals surface area contributed by atoms with Crippen LogP contribution in [0.1, 0.15) is 30.1 Å². The summed E-state index contributed by atoms with van der Waals surface area (Å²) < 4.78 is 0. The van der Waals surface area contributed by atoms with Crippen LogP contribution < -0.4 is 4.90 Å². The summed E-state index contributed by atoms with van der Waals surface area (Å²) >= 11 is 5.90. The van der Waals surface area contributed by atoms with Gasteiger partial charge in [0, 0.05) is 35.9 Å². The van der Waals surface area contributed by atoms with E-state index in [-0.39, 0.29) is 17.7 Å². The topological polar surface area (TPSA) is 40.6 Å². The molecule has 4 nitrogen and oxygen atoms in total. The maximum atomic E-state index is 13.0. The molecule has 1 saturated heterocycles. The second-order valence-electron chi connectivity index (χ2n) is 6.52. The number of carbonyl (C=O) groups is 2. The Kier molecular flexibility index (Phi) is 5.94. The maximum Gasteiger partial charge on any atom is 0.253 e. The van der Waals surface area contributed by atoms with Crippen LogP contribution in [0.3, 0.4) is 0 Å². The normalized spacial score (nSPS) is 17.0. The number of para-hydroxylation sites is 1. The monoisotopic (exact) mass is 370 g/mol. The number of anilines is 1. The first-order chi connectivity index (χ1) is 12.6. The fourth-order valence-corrected chi connectivity index (χ4v) is 3.56. The Bertz CT molecular complexity index is 761. The Balaban J connectivity index is 1.72. The second kappa shape index (κ2) is 8.37. The fourth-order valence-electron chi connectivity index (χ4n) is 3.43. The van der Waals surface area contributed by atoms with Crippen molar-refractivity contribution in [1.29, 1.82) is 0 Å². The molecule has 3 rings (SSSR count). The zero-order valence-electron chi connectivity index (χ0n) is 14.9. The Labute approximate surface area is 159 Å². The third-order valence-electron chi connectivity index (χ3n) is 4.80. The van der Waals surface area contributed by atoms with E-state index < -0.39 is 0 Å². The van der Waals surface area contributed by atoms with Crippen LogP contribution in [0.15, 0.2) is 54.6 Å². The first kappa shape index (κ1) is 18.5. The molecule has 5 heteroatoms. The molecule has 136 valence electrons. The minimum Gasteiger partial charge on any atom is -0.338 e. The summed E-state index contributed by atoms with van der Waals surface area (Å²) in [6, 6.07) is 16.6. The summed E-state index contributed by atoms with van der Waals surface area (Å²) in [6.07, 6.45) is 1.65. The van der Waals surface area contributed by atoms with Gasteiger partial charge in [-0.1, -0.05) is 29.8 Å². The summed E-state index contributed by atoms with van der Waals surface area (Å²) in [5, 5.41) is 0.606. The smallest absolute Gasteiger partial charge is 0.253 e. The van der Waals surface area contributed by atoms with Crippen molar-refractivity contribution >= 4 is 29.1 Å². The van der Waals surface area contributed by atoms with Crippen LogP contribution in [0.5, 0.6) is 0 Å². The Morgan fingerprint density at radius 1 is 1.12 bits per heavy atom. The minimum atomic E-state index is -0.167. The molecule has 26 heavy (non-hydrogen) atoms. The van der Waals surface area contributed by atoms with E-state index in [0.717, 1.165) is 18.5 Å². The molecule has 2 amide bonds. The molecule has 1 aliphatic heterocycles. The number of hydrogen-bond acceptors (Lipinski definition) is 2. The van der Waals surface area contributed by atoms with E-state index in [4.69, 9.17) is 11.6 Å². The third-order valence-corrected chi connectivity index (χ3v) is 5.05. The molecule has 0 aliphatic carbocycles. The predicted octanol–water partition coefficient (Wildman–Crippen LogP) is 4.25. The van der Waals surface area contributed by atoms with Gasteiger partial charge in [-0.15, -0.1) is 0 Å². The number of piperidine rings is 1. The van der Waals surface area contributed by atoms with Crippen molar-refractivity contribution in [3.05, 3.63) is 65.2 Å². The highest BCUT2D eigenvalue weighted by atomic mass is 35.5. The van der Waals surface area contributed by atoms with Crippen LogP contribution in [0.4, 0.5) is 5.69 Å². The van der Waals surface area contributed by atoms with E-state index in [1.165, 1.54) is 0 Å². The van der Waals surface area contributed by atoms with Gasteiger partial charge < -0.3 is 9.80 Å². The SMILES string of the molecule is CCN(C(=O)C1CCCN(C(=O)c2ccc(Cl)cc2)C1)c1ccccc1. The van der Waals surface area contributed by atoms with Gasteiger partial charge in [-0.25, -0.2) is 0 Å². The lowest BCUT2D eigenvalue weighted by atomic mass is 9.95. The average Bonchev–Trinajstić information content (AvgIpc) is 2.69. The van der Waals surface area contributed by atoms with E-state index in [1.54, 1.807) is 34.1 Å². The Hall–Kier alpha value is -2.33. The Morgan fingerprint density at radius 3 is 2.46 bits per heavy atom. The summed E-state index contributed by atoms with van der Waals surface area (Å²) in [5.74, 6) is -0.116. The lowest BCUT2D eigenvalue weighted by molar-refractivity contribution is -0.123. The van der Waals surface area contributed by atoms with Gasteiger partial charge in [0.15, 0.2) is 0 Å². The molecule has 2 aromatic carbocycles. The van der Waals surface area contributed by atoms with Gasteiger partial charge in [0.2, 0.25) is 5.91 Å². The highest BCUT2D eigenvalue weighted by Crippen LogP contribution is 2.24. The molecule has 1 atom stereocenters. The van der Waals surface area contributed by atoms with Crippen molar-refractivity contribution in [3.8, 4) is 0 Å². The zero-order valence-corrected chi connectivity index (χ0v) is 15.7. The number of amides is 2. The number of likely N-dealkylation sites (tertiary alicyclic amines) is 1. The lowest BCUT2D eigenvalue weighted by Gasteiger charge is -2.35. The van der Waals surface area contributed by atoms with Gasteiger partial charge in [-0.3, -0.25) is 9.59 Å².